The zero-order valence-electron chi connectivity index (χ0n) is 25.1. The topological polar surface area (TPSA) is 114 Å². The van der Waals surface area contributed by atoms with Crippen LogP contribution in [0.2, 0.25) is 0 Å². The number of nitrogens with zero attached hydrogens (tertiary/aromatic N) is 2. The molecule has 4 atom stereocenters. The van der Waals surface area contributed by atoms with E-state index in [1.54, 1.807) is 12.2 Å². The largest absolute Gasteiger partial charge is 0.494 e. The van der Waals surface area contributed by atoms with Crippen molar-refractivity contribution >= 4 is 29.5 Å². The highest BCUT2D eigenvalue weighted by molar-refractivity contribution is 5.97. The number of nitrogens with one attached hydrogen (secondary N) is 1. The summed E-state index contributed by atoms with van der Waals surface area (Å²) in [7, 11) is 1.31. The SMILES string of the molecule is CCCC(CC(C)OC(=O)C1CCCN1C(=O)C(NC(=O)/C=C/c1ccc(N=O)c(OC)c1)C(F)(F)F)C(C)(C)CC. The van der Waals surface area contributed by atoms with Gasteiger partial charge in [0.15, 0.2) is 0 Å². The zero-order valence-corrected chi connectivity index (χ0v) is 25.1. The molecule has 0 aromatic heterocycles. The lowest BCUT2D eigenvalue weighted by Gasteiger charge is -2.35. The molecule has 0 aliphatic carbocycles. The van der Waals surface area contributed by atoms with Crippen LogP contribution >= 0.6 is 0 Å². The Bertz CT molecular complexity index is 1140. The first-order valence-corrected chi connectivity index (χ1v) is 14.3. The number of esters is 1. The molecule has 0 radical (unpaired) electrons. The lowest BCUT2D eigenvalue weighted by Crippen LogP contribution is -2.57. The molecular formula is C30H42F3N3O6. The Morgan fingerprint density at radius 3 is 2.48 bits per heavy atom. The van der Waals surface area contributed by atoms with E-state index in [0.717, 1.165) is 30.2 Å². The smallest absolute Gasteiger partial charge is 0.417 e. The third-order valence-corrected chi connectivity index (χ3v) is 7.99. The second-order valence-corrected chi connectivity index (χ2v) is 11.3. The van der Waals surface area contributed by atoms with Crippen LogP contribution in [-0.4, -0.2) is 60.7 Å². The molecule has 12 heteroatoms. The number of likely N-dealkylation sites (tertiary alicyclic amines) is 1. The maximum Gasteiger partial charge on any atom is 0.417 e. The van der Waals surface area contributed by atoms with Gasteiger partial charge in [-0.25, -0.2) is 4.79 Å². The first kappa shape index (κ1) is 34.8. The van der Waals surface area contributed by atoms with E-state index in [4.69, 9.17) is 9.47 Å². The molecule has 1 aromatic carbocycles. The lowest BCUT2D eigenvalue weighted by atomic mass is 9.72. The number of benzene rings is 1. The molecule has 0 saturated carbocycles. The molecular weight excluding hydrogens is 555 g/mol. The van der Waals surface area contributed by atoms with E-state index in [1.165, 1.54) is 31.4 Å². The van der Waals surface area contributed by atoms with Gasteiger partial charge in [0.25, 0.3) is 5.91 Å². The van der Waals surface area contributed by atoms with E-state index in [0.29, 0.717) is 18.4 Å². The Morgan fingerprint density at radius 1 is 1.21 bits per heavy atom. The molecule has 2 rings (SSSR count). The second-order valence-electron chi connectivity index (χ2n) is 11.3. The Hall–Kier alpha value is -3.44. The van der Waals surface area contributed by atoms with Crippen LogP contribution in [0.25, 0.3) is 6.08 Å². The molecule has 1 aliphatic heterocycles. The van der Waals surface area contributed by atoms with Crippen LogP contribution in [0.5, 0.6) is 5.75 Å². The molecule has 1 heterocycles. The molecule has 234 valence electrons. The van der Waals surface area contributed by atoms with Crippen LogP contribution in [0.1, 0.15) is 78.7 Å². The van der Waals surface area contributed by atoms with Crippen molar-refractivity contribution < 1.29 is 37.0 Å². The first-order chi connectivity index (χ1) is 19.7. The highest BCUT2D eigenvalue weighted by Gasteiger charge is 2.50. The summed E-state index contributed by atoms with van der Waals surface area (Å²) in [5.74, 6) is -2.93. The summed E-state index contributed by atoms with van der Waals surface area (Å²) in [5, 5.41) is 4.51. The van der Waals surface area contributed by atoms with Crippen LogP contribution in [0.3, 0.4) is 0 Å². The van der Waals surface area contributed by atoms with Crippen molar-refractivity contribution in [3.05, 3.63) is 34.7 Å². The fourth-order valence-corrected chi connectivity index (χ4v) is 5.15. The molecule has 0 bridgehead atoms. The highest BCUT2D eigenvalue weighted by Crippen LogP contribution is 2.37. The number of alkyl halides is 3. The number of carbonyl (C=O) groups excluding carboxylic acids is 3. The average molecular weight is 598 g/mol. The van der Waals surface area contributed by atoms with Gasteiger partial charge in [-0.2, -0.15) is 13.2 Å². The van der Waals surface area contributed by atoms with Crippen LogP contribution in [0.15, 0.2) is 29.5 Å². The number of hydrogen-bond donors (Lipinski definition) is 1. The average Bonchev–Trinajstić information content (AvgIpc) is 3.43. The van der Waals surface area contributed by atoms with Crippen molar-refractivity contribution in [3.63, 3.8) is 0 Å². The summed E-state index contributed by atoms with van der Waals surface area (Å²) in [6.45, 7) is 10.2. The van der Waals surface area contributed by atoms with Crippen molar-refractivity contribution in [1.29, 1.82) is 0 Å². The van der Waals surface area contributed by atoms with Crippen LogP contribution in [0, 0.1) is 16.2 Å². The van der Waals surface area contributed by atoms with E-state index in [2.05, 4.69) is 32.9 Å². The van der Waals surface area contributed by atoms with E-state index < -0.39 is 42.1 Å². The van der Waals surface area contributed by atoms with Gasteiger partial charge in [-0.05, 0) is 66.5 Å². The molecule has 4 unspecified atom stereocenters. The van der Waals surface area contributed by atoms with Gasteiger partial charge < -0.3 is 19.7 Å². The van der Waals surface area contributed by atoms with E-state index in [9.17, 15) is 32.5 Å². The van der Waals surface area contributed by atoms with Crippen LogP contribution in [0.4, 0.5) is 18.9 Å². The Morgan fingerprint density at radius 2 is 1.90 bits per heavy atom. The van der Waals surface area contributed by atoms with Crippen molar-refractivity contribution in [2.24, 2.45) is 16.5 Å². The molecule has 1 N–H and O–H groups in total. The van der Waals surface area contributed by atoms with Gasteiger partial charge in [-0.3, -0.25) is 9.59 Å². The number of hydrogen-bond acceptors (Lipinski definition) is 7. The highest BCUT2D eigenvalue weighted by atomic mass is 19.4. The van der Waals surface area contributed by atoms with E-state index in [-0.39, 0.29) is 35.7 Å². The quantitative estimate of drug-likeness (QED) is 0.153. The Kier molecular flexibility index (Phi) is 12.5. The summed E-state index contributed by atoms with van der Waals surface area (Å²) in [6.07, 6.45) is 0.417. The number of amides is 2. The van der Waals surface area contributed by atoms with Gasteiger partial charge >= 0.3 is 12.1 Å². The van der Waals surface area contributed by atoms with E-state index in [1.807, 2.05) is 0 Å². The normalized spacial score (nSPS) is 17.9. The number of carbonyl (C=O) groups is 3. The molecule has 9 nitrogen and oxygen atoms in total. The third-order valence-electron chi connectivity index (χ3n) is 7.99. The summed E-state index contributed by atoms with van der Waals surface area (Å²) in [6, 6.07) is 0.106. The molecule has 2 amide bonds. The third kappa shape index (κ3) is 9.29. The first-order valence-electron chi connectivity index (χ1n) is 14.3. The van der Waals surface area contributed by atoms with Crippen molar-refractivity contribution in [2.75, 3.05) is 13.7 Å². The Balaban J connectivity index is 2.13. The maximum atomic E-state index is 14.0. The van der Waals surface area contributed by atoms with Crippen molar-refractivity contribution in [3.8, 4) is 5.75 Å². The minimum Gasteiger partial charge on any atom is -0.494 e. The number of methoxy groups -OCH3 is 1. The standard InChI is InChI=1S/C30H42F3N3O6/c1-7-10-21(29(4,5)8-2)17-19(3)42-28(39)23-11-9-16-36(23)27(38)26(30(31,32)33)34-25(37)15-13-20-12-14-22(35-40)24(18-20)41-6/h12-15,18-19,21,23,26H,7-11,16-17H2,1-6H3,(H,34,37)/b15-13+. The number of rotatable bonds is 14. The number of ether oxygens (including phenoxy) is 2. The molecule has 0 spiro atoms. The minimum absolute atomic E-state index is 0.0143. The molecule has 1 fully saturated rings. The monoisotopic (exact) mass is 597 g/mol. The molecule has 42 heavy (non-hydrogen) atoms. The maximum absolute atomic E-state index is 14.0. The molecule has 1 aromatic rings. The van der Waals surface area contributed by atoms with Crippen LogP contribution in [-0.2, 0) is 19.1 Å². The second kappa shape index (κ2) is 15.2. The summed E-state index contributed by atoms with van der Waals surface area (Å²) in [5.41, 5.74) is 0.394. The molecule has 1 aliphatic rings. The zero-order chi connectivity index (χ0) is 31.7. The van der Waals surface area contributed by atoms with Gasteiger partial charge in [-0.15, -0.1) is 4.91 Å². The summed E-state index contributed by atoms with van der Waals surface area (Å²) >= 11 is 0. The van der Waals surface area contributed by atoms with Gasteiger partial charge in [0.05, 0.1) is 13.2 Å². The predicted molar refractivity (Wildman–Crippen MR) is 153 cm³/mol. The van der Waals surface area contributed by atoms with Crippen LogP contribution < -0.4 is 10.1 Å². The Labute approximate surface area is 245 Å². The predicted octanol–water partition coefficient (Wildman–Crippen LogP) is 6.32. The fourth-order valence-electron chi connectivity index (χ4n) is 5.15. The summed E-state index contributed by atoms with van der Waals surface area (Å²) < 4.78 is 52.6. The fraction of sp³-hybridized carbons (Fsp3) is 0.633. The van der Waals surface area contributed by atoms with Gasteiger partial charge in [-0.1, -0.05) is 53.0 Å². The van der Waals surface area contributed by atoms with E-state index >= 15 is 0 Å². The van der Waals surface area contributed by atoms with Crippen molar-refractivity contribution in [1.82, 2.24) is 10.2 Å². The lowest BCUT2D eigenvalue weighted by molar-refractivity contribution is -0.180. The minimum atomic E-state index is -5.11. The number of nitroso groups, excluding NO2 is 1. The van der Waals surface area contributed by atoms with Crippen molar-refractivity contribution in [2.45, 2.75) is 97.5 Å². The number of halogens is 3. The van der Waals surface area contributed by atoms with Gasteiger partial charge in [0, 0.05) is 12.6 Å². The summed E-state index contributed by atoms with van der Waals surface area (Å²) in [4.78, 5) is 50.2. The molecule has 1 saturated heterocycles. The van der Waals surface area contributed by atoms with Gasteiger partial charge in [0.1, 0.15) is 17.5 Å². The van der Waals surface area contributed by atoms with Gasteiger partial charge in [0.2, 0.25) is 11.9 Å².